The van der Waals surface area contributed by atoms with Gasteiger partial charge < -0.3 is 4.74 Å². The Balaban J connectivity index is 2.08. The minimum absolute atomic E-state index is 0.119. The molecule has 118 valence electrons. The summed E-state index contributed by atoms with van der Waals surface area (Å²) in [6, 6.07) is 13.0. The Bertz CT molecular complexity index is 957. The highest BCUT2D eigenvalue weighted by Crippen LogP contribution is 2.29. The first-order chi connectivity index (χ1) is 11.0. The number of pyridine rings is 1. The van der Waals surface area contributed by atoms with Gasteiger partial charge in [0.1, 0.15) is 5.75 Å². The van der Waals surface area contributed by atoms with Crippen molar-refractivity contribution < 1.29 is 13.2 Å². The molecule has 0 amide bonds. The van der Waals surface area contributed by atoms with E-state index >= 15 is 0 Å². The fourth-order valence-electron chi connectivity index (χ4n) is 2.18. The first-order valence-electron chi connectivity index (χ1n) is 6.71. The van der Waals surface area contributed by atoms with Crippen LogP contribution in [0.25, 0.3) is 10.9 Å². The Kier molecular flexibility index (Phi) is 4.11. The number of nitrogens with zero attached hydrogens (tertiary/aromatic N) is 1. The van der Waals surface area contributed by atoms with Crippen molar-refractivity contribution in [3.05, 3.63) is 59.8 Å². The highest BCUT2D eigenvalue weighted by atomic mass is 35.5. The molecule has 0 radical (unpaired) electrons. The molecule has 5 nitrogen and oxygen atoms in total. The molecule has 2 aromatic carbocycles. The van der Waals surface area contributed by atoms with E-state index in [0.717, 1.165) is 5.39 Å². The number of nitrogens with one attached hydrogen (secondary N) is 1. The zero-order valence-corrected chi connectivity index (χ0v) is 13.7. The Labute approximate surface area is 138 Å². The van der Waals surface area contributed by atoms with Crippen LogP contribution >= 0.6 is 11.6 Å². The van der Waals surface area contributed by atoms with Crippen molar-refractivity contribution in [2.75, 3.05) is 11.8 Å². The second kappa shape index (κ2) is 6.06. The third-order valence-corrected chi connectivity index (χ3v) is 4.92. The SMILES string of the molecule is COc1cc(NS(=O)(=O)c2ccc(Cl)cc2)c2ncccc2c1. The van der Waals surface area contributed by atoms with Crippen molar-refractivity contribution in [1.82, 2.24) is 4.98 Å². The summed E-state index contributed by atoms with van der Waals surface area (Å²) in [6.45, 7) is 0. The van der Waals surface area contributed by atoms with Gasteiger partial charge in [0.2, 0.25) is 0 Å². The Hall–Kier alpha value is -2.31. The fraction of sp³-hybridized carbons (Fsp3) is 0.0625. The number of benzene rings is 2. The maximum Gasteiger partial charge on any atom is 0.261 e. The number of hydrogen-bond acceptors (Lipinski definition) is 4. The lowest BCUT2D eigenvalue weighted by molar-refractivity contribution is 0.415. The molecule has 0 spiro atoms. The molecule has 23 heavy (non-hydrogen) atoms. The molecule has 3 rings (SSSR count). The molecular formula is C16H13ClN2O3S. The molecule has 1 N–H and O–H groups in total. The third kappa shape index (κ3) is 3.23. The van der Waals surface area contributed by atoms with Crippen LogP contribution in [0.3, 0.4) is 0 Å². The quantitative estimate of drug-likeness (QED) is 0.780. The van der Waals surface area contributed by atoms with Crippen molar-refractivity contribution in [2.24, 2.45) is 0 Å². The van der Waals surface area contributed by atoms with E-state index in [0.29, 0.717) is 22.0 Å². The number of hydrogen-bond donors (Lipinski definition) is 1. The van der Waals surface area contributed by atoms with Crippen LogP contribution in [0.2, 0.25) is 5.02 Å². The zero-order valence-electron chi connectivity index (χ0n) is 12.2. The van der Waals surface area contributed by atoms with E-state index in [1.54, 1.807) is 24.4 Å². The summed E-state index contributed by atoms with van der Waals surface area (Å²) in [5.41, 5.74) is 0.903. The molecule has 0 aliphatic rings. The zero-order chi connectivity index (χ0) is 16.4. The van der Waals surface area contributed by atoms with E-state index in [4.69, 9.17) is 16.3 Å². The summed E-state index contributed by atoms with van der Waals surface area (Å²) >= 11 is 5.80. The van der Waals surface area contributed by atoms with Crippen LogP contribution in [0.5, 0.6) is 5.75 Å². The van der Waals surface area contributed by atoms with Gasteiger partial charge in [0.25, 0.3) is 10.0 Å². The van der Waals surface area contributed by atoms with Crippen LogP contribution in [0.1, 0.15) is 0 Å². The Morgan fingerprint density at radius 3 is 2.57 bits per heavy atom. The standard InChI is InChI=1S/C16H13ClN2O3S/c1-22-13-9-11-3-2-8-18-16(11)15(10-13)19-23(20,21)14-6-4-12(17)5-7-14/h2-10,19H,1H3. The van der Waals surface area contributed by atoms with Gasteiger partial charge in [0.15, 0.2) is 0 Å². The molecule has 0 bridgehead atoms. The van der Waals surface area contributed by atoms with Crippen molar-refractivity contribution in [3.63, 3.8) is 0 Å². The summed E-state index contributed by atoms with van der Waals surface area (Å²) in [7, 11) is -2.23. The molecule has 1 aromatic heterocycles. The number of halogens is 1. The van der Waals surface area contributed by atoms with Crippen molar-refractivity contribution in [3.8, 4) is 5.75 Å². The molecule has 3 aromatic rings. The van der Waals surface area contributed by atoms with Crippen LogP contribution in [0, 0.1) is 0 Å². The monoisotopic (exact) mass is 348 g/mol. The molecule has 0 saturated carbocycles. The average Bonchev–Trinajstić information content (AvgIpc) is 2.54. The Morgan fingerprint density at radius 2 is 1.87 bits per heavy atom. The van der Waals surface area contributed by atoms with Gasteiger partial charge >= 0.3 is 0 Å². The first kappa shape index (κ1) is 15.6. The predicted octanol–water partition coefficient (Wildman–Crippen LogP) is 3.70. The summed E-state index contributed by atoms with van der Waals surface area (Å²) in [5, 5.41) is 1.25. The van der Waals surface area contributed by atoms with Crippen LogP contribution in [-0.2, 0) is 10.0 Å². The van der Waals surface area contributed by atoms with Gasteiger partial charge in [-0.1, -0.05) is 17.7 Å². The van der Waals surface area contributed by atoms with Gasteiger partial charge in [-0.05, 0) is 36.4 Å². The second-order valence-corrected chi connectivity index (χ2v) is 6.93. The van der Waals surface area contributed by atoms with E-state index in [2.05, 4.69) is 9.71 Å². The molecule has 0 unspecified atom stereocenters. The minimum Gasteiger partial charge on any atom is -0.497 e. The molecule has 1 heterocycles. The fourth-order valence-corrected chi connectivity index (χ4v) is 3.36. The van der Waals surface area contributed by atoms with E-state index in [9.17, 15) is 8.42 Å². The molecule has 0 aliphatic heterocycles. The molecule has 7 heteroatoms. The summed E-state index contributed by atoms with van der Waals surface area (Å²) in [5.74, 6) is 0.541. The third-order valence-electron chi connectivity index (χ3n) is 3.28. The van der Waals surface area contributed by atoms with E-state index in [1.807, 2.05) is 6.07 Å². The predicted molar refractivity (Wildman–Crippen MR) is 90.6 cm³/mol. The van der Waals surface area contributed by atoms with E-state index in [-0.39, 0.29) is 4.90 Å². The minimum atomic E-state index is -3.75. The van der Waals surface area contributed by atoms with Crippen LogP contribution in [0.15, 0.2) is 59.6 Å². The Morgan fingerprint density at radius 1 is 1.13 bits per heavy atom. The number of sulfonamides is 1. The maximum atomic E-state index is 12.5. The number of methoxy groups -OCH3 is 1. The number of ether oxygens (including phenoxy) is 1. The van der Waals surface area contributed by atoms with Crippen LogP contribution < -0.4 is 9.46 Å². The first-order valence-corrected chi connectivity index (χ1v) is 8.57. The lowest BCUT2D eigenvalue weighted by Gasteiger charge is -2.12. The maximum absolute atomic E-state index is 12.5. The van der Waals surface area contributed by atoms with Gasteiger partial charge in [-0.15, -0.1) is 0 Å². The van der Waals surface area contributed by atoms with Gasteiger partial charge in [-0.2, -0.15) is 0 Å². The smallest absolute Gasteiger partial charge is 0.261 e. The second-order valence-electron chi connectivity index (χ2n) is 4.81. The lowest BCUT2D eigenvalue weighted by atomic mass is 10.2. The highest BCUT2D eigenvalue weighted by molar-refractivity contribution is 7.92. The molecule has 0 saturated heterocycles. The average molecular weight is 349 g/mol. The number of rotatable bonds is 4. The molecular weight excluding hydrogens is 336 g/mol. The number of anilines is 1. The van der Waals surface area contributed by atoms with Crippen molar-refractivity contribution >= 4 is 38.2 Å². The molecule has 0 fully saturated rings. The number of aromatic nitrogens is 1. The topological polar surface area (TPSA) is 68.3 Å². The highest BCUT2D eigenvalue weighted by Gasteiger charge is 2.17. The summed E-state index contributed by atoms with van der Waals surface area (Å²) in [6.07, 6.45) is 1.61. The van der Waals surface area contributed by atoms with E-state index in [1.165, 1.54) is 31.4 Å². The molecule has 0 aliphatic carbocycles. The molecule has 0 atom stereocenters. The van der Waals surface area contributed by atoms with Crippen molar-refractivity contribution in [1.29, 1.82) is 0 Å². The lowest BCUT2D eigenvalue weighted by Crippen LogP contribution is -2.13. The summed E-state index contributed by atoms with van der Waals surface area (Å²) in [4.78, 5) is 4.36. The van der Waals surface area contributed by atoms with Crippen LogP contribution in [-0.4, -0.2) is 20.5 Å². The van der Waals surface area contributed by atoms with Gasteiger partial charge in [0.05, 0.1) is 23.2 Å². The van der Waals surface area contributed by atoms with Crippen molar-refractivity contribution in [2.45, 2.75) is 4.90 Å². The van der Waals surface area contributed by atoms with E-state index < -0.39 is 10.0 Å². The van der Waals surface area contributed by atoms with Gasteiger partial charge in [0, 0.05) is 22.7 Å². The van der Waals surface area contributed by atoms with Gasteiger partial charge in [-0.25, -0.2) is 8.42 Å². The van der Waals surface area contributed by atoms with Crippen LogP contribution in [0.4, 0.5) is 5.69 Å². The normalized spacial score (nSPS) is 11.4. The largest absolute Gasteiger partial charge is 0.497 e. The summed E-state index contributed by atoms with van der Waals surface area (Å²) < 4.78 is 32.8. The number of fused-ring (bicyclic) bond motifs is 1. The van der Waals surface area contributed by atoms with Gasteiger partial charge in [-0.3, -0.25) is 9.71 Å².